The van der Waals surface area contributed by atoms with Gasteiger partial charge in [-0.1, -0.05) is 47.3 Å². The minimum absolute atomic E-state index is 0.795. The van der Waals surface area contributed by atoms with E-state index in [1.54, 1.807) is 0 Å². The standard InChI is InChI=1S/C12H17BrClN/c1-2-3-4-7-15-9-10-8-11(14)5-6-12(10)13/h5-6,8,15H,2-4,7,9H2,1H3. The second kappa shape index (κ2) is 7.26. The molecule has 1 N–H and O–H groups in total. The van der Waals surface area contributed by atoms with E-state index in [0.717, 1.165) is 22.6 Å². The lowest BCUT2D eigenvalue weighted by atomic mass is 10.2. The average molecular weight is 291 g/mol. The van der Waals surface area contributed by atoms with Crippen molar-refractivity contribution in [1.29, 1.82) is 0 Å². The maximum Gasteiger partial charge on any atom is 0.0410 e. The molecule has 0 saturated heterocycles. The van der Waals surface area contributed by atoms with Crippen LogP contribution in [0.15, 0.2) is 22.7 Å². The highest BCUT2D eigenvalue weighted by molar-refractivity contribution is 9.10. The summed E-state index contributed by atoms with van der Waals surface area (Å²) in [5, 5.41) is 4.21. The first-order chi connectivity index (χ1) is 7.24. The van der Waals surface area contributed by atoms with Gasteiger partial charge in [-0.05, 0) is 36.7 Å². The van der Waals surface area contributed by atoms with Crippen LogP contribution in [0.3, 0.4) is 0 Å². The van der Waals surface area contributed by atoms with E-state index in [1.165, 1.54) is 24.8 Å². The first kappa shape index (κ1) is 13.0. The van der Waals surface area contributed by atoms with Gasteiger partial charge in [0.2, 0.25) is 0 Å². The molecule has 3 heteroatoms. The zero-order valence-corrected chi connectivity index (χ0v) is 11.4. The van der Waals surface area contributed by atoms with Gasteiger partial charge in [0.25, 0.3) is 0 Å². The molecule has 15 heavy (non-hydrogen) atoms. The molecule has 0 aliphatic carbocycles. The monoisotopic (exact) mass is 289 g/mol. The van der Waals surface area contributed by atoms with Gasteiger partial charge in [0.1, 0.15) is 0 Å². The van der Waals surface area contributed by atoms with Crippen LogP contribution in [0.4, 0.5) is 0 Å². The second-order valence-corrected chi connectivity index (χ2v) is 4.91. The van der Waals surface area contributed by atoms with Crippen LogP contribution in [0.5, 0.6) is 0 Å². The first-order valence-corrected chi connectivity index (χ1v) is 6.55. The number of hydrogen-bond acceptors (Lipinski definition) is 1. The van der Waals surface area contributed by atoms with Crippen molar-refractivity contribution in [2.24, 2.45) is 0 Å². The van der Waals surface area contributed by atoms with E-state index in [4.69, 9.17) is 11.6 Å². The molecule has 0 bridgehead atoms. The van der Waals surface area contributed by atoms with Gasteiger partial charge in [0, 0.05) is 16.0 Å². The summed E-state index contributed by atoms with van der Waals surface area (Å²) in [6, 6.07) is 5.88. The largest absolute Gasteiger partial charge is 0.313 e. The summed E-state index contributed by atoms with van der Waals surface area (Å²) < 4.78 is 1.12. The molecular formula is C12H17BrClN. The Morgan fingerprint density at radius 1 is 1.33 bits per heavy atom. The summed E-state index contributed by atoms with van der Waals surface area (Å²) in [6.45, 7) is 4.17. The van der Waals surface area contributed by atoms with Crippen LogP contribution >= 0.6 is 27.5 Å². The topological polar surface area (TPSA) is 12.0 Å². The van der Waals surface area contributed by atoms with E-state index in [2.05, 4.69) is 28.2 Å². The Morgan fingerprint density at radius 2 is 2.13 bits per heavy atom. The van der Waals surface area contributed by atoms with Crippen molar-refractivity contribution in [3.8, 4) is 0 Å². The van der Waals surface area contributed by atoms with Crippen LogP contribution in [0.1, 0.15) is 31.7 Å². The SMILES string of the molecule is CCCCCNCc1cc(Cl)ccc1Br. The van der Waals surface area contributed by atoms with Gasteiger partial charge in [-0.15, -0.1) is 0 Å². The number of halogens is 2. The van der Waals surface area contributed by atoms with Crippen LogP contribution in [0.2, 0.25) is 5.02 Å². The lowest BCUT2D eigenvalue weighted by Crippen LogP contribution is -2.14. The van der Waals surface area contributed by atoms with E-state index < -0.39 is 0 Å². The molecule has 0 radical (unpaired) electrons. The molecule has 0 spiro atoms. The zero-order valence-electron chi connectivity index (χ0n) is 9.02. The summed E-state index contributed by atoms with van der Waals surface area (Å²) in [5.41, 5.74) is 1.22. The highest BCUT2D eigenvalue weighted by Crippen LogP contribution is 2.20. The van der Waals surface area contributed by atoms with E-state index in [9.17, 15) is 0 Å². The highest BCUT2D eigenvalue weighted by atomic mass is 79.9. The quantitative estimate of drug-likeness (QED) is 0.767. The molecule has 0 unspecified atom stereocenters. The van der Waals surface area contributed by atoms with Gasteiger partial charge < -0.3 is 5.32 Å². The molecule has 84 valence electrons. The summed E-state index contributed by atoms with van der Waals surface area (Å²) in [6.07, 6.45) is 3.81. The van der Waals surface area contributed by atoms with Crippen LogP contribution in [-0.4, -0.2) is 6.54 Å². The predicted octanol–water partition coefficient (Wildman–Crippen LogP) is 4.38. The normalized spacial score (nSPS) is 10.6. The van der Waals surface area contributed by atoms with E-state index in [-0.39, 0.29) is 0 Å². The van der Waals surface area contributed by atoms with Crippen LogP contribution in [-0.2, 0) is 6.54 Å². The number of hydrogen-bond donors (Lipinski definition) is 1. The average Bonchev–Trinajstić information content (AvgIpc) is 2.23. The van der Waals surface area contributed by atoms with Crippen molar-refractivity contribution in [3.05, 3.63) is 33.3 Å². The zero-order chi connectivity index (χ0) is 11.1. The van der Waals surface area contributed by atoms with Crippen molar-refractivity contribution in [2.75, 3.05) is 6.54 Å². The molecule has 1 nitrogen and oxygen atoms in total. The number of benzene rings is 1. The fourth-order valence-electron chi connectivity index (χ4n) is 1.40. The predicted molar refractivity (Wildman–Crippen MR) is 70.4 cm³/mol. The molecule has 0 aliphatic heterocycles. The minimum Gasteiger partial charge on any atom is -0.313 e. The van der Waals surface area contributed by atoms with Gasteiger partial charge in [-0.25, -0.2) is 0 Å². The van der Waals surface area contributed by atoms with Gasteiger partial charge >= 0.3 is 0 Å². The molecule has 0 heterocycles. The Bertz CT molecular complexity index is 302. The molecule has 1 rings (SSSR count). The smallest absolute Gasteiger partial charge is 0.0410 e. The van der Waals surface area contributed by atoms with Crippen molar-refractivity contribution < 1.29 is 0 Å². The third kappa shape index (κ3) is 5.01. The van der Waals surface area contributed by atoms with E-state index >= 15 is 0 Å². The lowest BCUT2D eigenvalue weighted by Gasteiger charge is -2.07. The molecule has 1 aromatic rings. The highest BCUT2D eigenvalue weighted by Gasteiger charge is 1.99. The van der Waals surface area contributed by atoms with Gasteiger partial charge in [-0.2, -0.15) is 0 Å². The van der Waals surface area contributed by atoms with Gasteiger partial charge in [0.05, 0.1) is 0 Å². The minimum atomic E-state index is 0.795. The Morgan fingerprint density at radius 3 is 2.87 bits per heavy atom. The lowest BCUT2D eigenvalue weighted by molar-refractivity contribution is 0.616. The molecular weight excluding hydrogens is 273 g/mol. The van der Waals surface area contributed by atoms with E-state index in [0.29, 0.717) is 0 Å². The fraction of sp³-hybridized carbons (Fsp3) is 0.500. The molecule has 0 aromatic heterocycles. The third-order valence-corrected chi connectivity index (χ3v) is 3.29. The Labute approximate surface area is 105 Å². The molecule has 1 aromatic carbocycles. The van der Waals surface area contributed by atoms with Gasteiger partial charge in [0.15, 0.2) is 0 Å². The van der Waals surface area contributed by atoms with Crippen LogP contribution in [0.25, 0.3) is 0 Å². The Kier molecular flexibility index (Phi) is 6.30. The summed E-state index contributed by atoms with van der Waals surface area (Å²) >= 11 is 9.45. The fourth-order valence-corrected chi connectivity index (χ4v) is 1.98. The van der Waals surface area contributed by atoms with Crippen molar-refractivity contribution in [3.63, 3.8) is 0 Å². The molecule has 0 atom stereocenters. The van der Waals surface area contributed by atoms with Crippen LogP contribution < -0.4 is 5.32 Å². The number of nitrogens with one attached hydrogen (secondary N) is 1. The maximum atomic E-state index is 5.93. The number of unbranched alkanes of at least 4 members (excludes halogenated alkanes) is 2. The summed E-state index contributed by atoms with van der Waals surface area (Å²) in [4.78, 5) is 0. The molecule has 0 saturated carbocycles. The molecule has 0 aliphatic rings. The van der Waals surface area contributed by atoms with Crippen LogP contribution in [0, 0.1) is 0 Å². The first-order valence-electron chi connectivity index (χ1n) is 5.38. The summed E-state index contributed by atoms with van der Waals surface area (Å²) in [7, 11) is 0. The van der Waals surface area contributed by atoms with E-state index in [1.807, 2.05) is 18.2 Å². The van der Waals surface area contributed by atoms with Crippen molar-refractivity contribution in [2.45, 2.75) is 32.7 Å². The van der Waals surface area contributed by atoms with Gasteiger partial charge in [-0.3, -0.25) is 0 Å². The third-order valence-electron chi connectivity index (χ3n) is 2.28. The van der Waals surface area contributed by atoms with Crippen molar-refractivity contribution in [1.82, 2.24) is 5.32 Å². The Balaban J connectivity index is 2.33. The molecule has 0 fully saturated rings. The number of rotatable bonds is 6. The maximum absolute atomic E-state index is 5.93. The van der Waals surface area contributed by atoms with Crippen molar-refractivity contribution >= 4 is 27.5 Å². The summed E-state index contributed by atoms with van der Waals surface area (Å²) in [5.74, 6) is 0. The second-order valence-electron chi connectivity index (χ2n) is 3.62. The molecule has 0 amide bonds. The Hall–Kier alpha value is -0.0500.